The number of rotatable bonds is 1. The predicted molar refractivity (Wildman–Crippen MR) is 41.6 cm³/mol. The van der Waals surface area contributed by atoms with Crippen molar-refractivity contribution in [1.82, 2.24) is 0 Å². The Kier molecular flexibility index (Phi) is 2.19. The minimum Gasteiger partial charge on any atom is -0.192 e. The highest BCUT2D eigenvalue weighted by Crippen LogP contribution is 2.21. The Balaban J connectivity index is 3.22. The highest BCUT2D eigenvalue weighted by atomic mass is 35.5. The molecule has 1 rings (SSSR count). The maximum atomic E-state index is 9.97. The summed E-state index contributed by atoms with van der Waals surface area (Å²) in [5.74, 6) is 0. The Bertz CT molecular complexity index is 330. The molecule has 0 saturated heterocycles. The predicted octanol–water partition coefficient (Wildman–Crippen LogP) is 2.61. The molecule has 0 amide bonds. The van der Waals surface area contributed by atoms with Crippen LogP contribution in [-0.4, -0.2) is 0 Å². The fourth-order valence-electron chi connectivity index (χ4n) is 0.651. The van der Waals surface area contributed by atoms with Crippen LogP contribution >= 0.6 is 11.6 Å². The quantitative estimate of drug-likeness (QED) is 0.602. The minimum absolute atomic E-state index is 0.231. The molecule has 0 aliphatic heterocycles. The summed E-state index contributed by atoms with van der Waals surface area (Å²) in [6.07, 6.45) is 0. The van der Waals surface area contributed by atoms with E-state index in [0.717, 1.165) is 0 Å². The number of nitrogens with zero attached hydrogens (tertiary/aromatic N) is 2. The molecule has 0 fully saturated rings. The monoisotopic (exact) mass is 166 g/mol. The first-order valence-corrected chi connectivity index (χ1v) is 3.18. The summed E-state index contributed by atoms with van der Waals surface area (Å²) in [6, 6.07) is 6.12. The fourth-order valence-corrected chi connectivity index (χ4v) is 0.869. The smallest absolute Gasteiger partial charge is 0.109 e. The molecule has 11 heavy (non-hydrogen) atoms. The van der Waals surface area contributed by atoms with E-state index in [1.54, 1.807) is 0 Å². The Morgan fingerprint density at radius 3 is 2.73 bits per heavy atom. The third-order valence-corrected chi connectivity index (χ3v) is 1.49. The van der Waals surface area contributed by atoms with E-state index in [4.69, 9.17) is 16.9 Å². The lowest BCUT2D eigenvalue weighted by atomic mass is 10.2. The highest BCUT2D eigenvalue weighted by Gasteiger charge is 1.99. The van der Waals surface area contributed by atoms with Crippen LogP contribution in [0.15, 0.2) is 23.4 Å². The van der Waals surface area contributed by atoms with Crippen LogP contribution in [0.3, 0.4) is 0 Å². The van der Waals surface area contributed by atoms with Gasteiger partial charge in [-0.15, -0.1) is 4.91 Å². The lowest BCUT2D eigenvalue weighted by Gasteiger charge is -1.92. The molecule has 0 aromatic heterocycles. The second-order valence-corrected chi connectivity index (χ2v) is 2.27. The summed E-state index contributed by atoms with van der Waals surface area (Å²) in [7, 11) is 0. The first kappa shape index (κ1) is 7.70. The van der Waals surface area contributed by atoms with Crippen molar-refractivity contribution < 1.29 is 0 Å². The number of benzene rings is 1. The highest BCUT2D eigenvalue weighted by molar-refractivity contribution is 6.31. The van der Waals surface area contributed by atoms with Crippen LogP contribution in [-0.2, 0) is 0 Å². The van der Waals surface area contributed by atoms with Crippen molar-refractivity contribution in [3.05, 3.63) is 33.7 Å². The lowest BCUT2D eigenvalue weighted by Crippen LogP contribution is -1.74. The van der Waals surface area contributed by atoms with Crippen LogP contribution in [0.2, 0.25) is 5.02 Å². The SMILES string of the molecule is N#Cc1ccc(N=O)cc1Cl. The van der Waals surface area contributed by atoms with E-state index < -0.39 is 0 Å². The van der Waals surface area contributed by atoms with Crippen LogP contribution in [0.1, 0.15) is 5.56 Å². The van der Waals surface area contributed by atoms with Gasteiger partial charge >= 0.3 is 0 Å². The third kappa shape index (κ3) is 1.54. The Labute approximate surface area is 68.2 Å². The molecule has 0 radical (unpaired) electrons. The van der Waals surface area contributed by atoms with Crippen LogP contribution < -0.4 is 0 Å². The van der Waals surface area contributed by atoms with Crippen molar-refractivity contribution in [1.29, 1.82) is 5.26 Å². The van der Waals surface area contributed by atoms with Crippen molar-refractivity contribution in [3.63, 3.8) is 0 Å². The summed E-state index contributed by atoms with van der Waals surface area (Å²) < 4.78 is 0. The van der Waals surface area contributed by atoms with Crippen molar-refractivity contribution in [3.8, 4) is 6.07 Å². The average Bonchev–Trinajstić information content (AvgIpc) is 2.04. The van der Waals surface area contributed by atoms with Crippen LogP contribution in [0.5, 0.6) is 0 Å². The molecule has 0 aliphatic carbocycles. The first-order chi connectivity index (χ1) is 5.27. The second-order valence-electron chi connectivity index (χ2n) is 1.87. The summed E-state index contributed by atoms with van der Waals surface area (Å²) in [5, 5.41) is 11.4. The van der Waals surface area contributed by atoms with E-state index in [-0.39, 0.29) is 10.7 Å². The van der Waals surface area contributed by atoms with Gasteiger partial charge < -0.3 is 0 Å². The summed E-state index contributed by atoms with van der Waals surface area (Å²) >= 11 is 5.59. The topological polar surface area (TPSA) is 53.2 Å². The van der Waals surface area contributed by atoms with Gasteiger partial charge in [0.25, 0.3) is 0 Å². The van der Waals surface area contributed by atoms with E-state index >= 15 is 0 Å². The summed E-state index contributed by atoms with van der Waals surface area (Å²) in [4.78, 5) is 9.97. The van der Waals surface area contributed by atoms with Gasteiger partial charge in [0.1, 0.15) is 11.8 Å². The summed E-state index contributed by atoms with van der Waals surface area (Å²) in [5.41, 5.74) is 0.577. The zero-order chi connectivity index (χ0) is 8.27. The molecule has 0 spiro atoms. The lowest BCUT2D eigenvalue weighted by molar-refractivity contribution is 1.45. The molecule has 4 heteroatoms. The van der Waals surface area contributed by atoms with E-state index in [0.29, 0.717) is 5.56 Å². The van der Waals surface area contributed by atoms with Crippen molar-refractivity contribution >= 4 is 17.3 Å². The van der Waals surface area contributed by atoms with Gasteiger partial charge in [0.05, 0.1) is 10.6 Å². The molecule has 3 nitrogen and oxygen atoms in total. The summed E-state index contributed by atoms with van der Waals surface area (Å²) in [6.45, 7) is 0. The maximum absolute atomic E-state index is 9.97. The Morgan fingerprint density at radius 1 is 1.55 bits per heavy atom. The van der Waals surface area contributed by atoms with Gasteiger partial charge in [0.15, 0.2) is 0 Å². The number of halogens is 1. The van der Waals surface area contributed by atoms with Gasteiger partial charge in [0.2, 0.25) is 0 Å². The molecule has 0 saturated carbocycles. The first-order valence-electron chi connectivity index (χ1n) is 2.81. The van der Waals surface area contributed by atoms with Gasteiger partial charge in [-0.05, 0) is 23.4 Å². The molecule has 0 N–H and O–H groups in total. The Morgan fingerprint density at radius 2 is 2.27 bits per heavy atom. The molecule has 1 aromatic rings. The molecule has 0 aliphatic rings. The minimum atomic E-state index is 0.231. The molecule has 0 unspecified atom stereocenters. The molecule has 1 aromatic carbocycles. The standard InChI is InChI=1S/C7H3ClN2O/c8-7-3-6(10-11)2-1-5(7)4-9/h1-3H. The van der Waals surface area contributed by atoms with Crippen LogP contribution in [0, 0.1) is 16.2 Å². The normalized spacial score (nSPS) is 8.73. The molecule has 0 heterocycles. The molecular formula is C7H3ClN2O. The maximum Gasteiger partial charge on any atom is 0.109 e. The molecule has 54 valence electrons. The van der Waals surface area contributed by atoms with Gasteiger partial charge in [-0.25, -0.2) is 0 Å². The van der Waals surface area contributed by atoms with Crippen molar-refractivity contribution in [2.75, 3.05) is 0 Å². The number of nitriles is 1. The fraction of sp³-hybridized carbons (Fsp3) is 0. The van der Waals surface area contributed by atoms with Crippen molar-refractivity contribution in [2.45, 2.75) is 0 Å². The average molecular weight is 167 g/mol. The number of hydrogen-bond acceptors (Lipinski definition) is 3. The second kappa shape index (κ2) is 3.13. The molecule has 0 atom stereocenters. The van der Waals surface area contributed by atoms with Crippen LogP contribution in [0.25, 0.3) is 0 Å². The van der Waals surface area contributed by atoms with Crippen LogP contribution in [0.4, 0.5) is 5.69 Å². The van der Waals surface area contributed by atoms with E-state index in [2.05, 4.69) is 5.18 Å². The van der Waals surface area contributed by atoms with E-state index in [1.165, 1.54) is 18.2 Å². The zero-order valence-corrected chi connectivity index (χ0v) is 6.17. The number of hydrogen-bond donors (Lipinski definition) is 0. The number of nitroso groups, excluding NO2 is 1. The van der Waals surface area contributed by atoms with Crippen molar-refractivity contribution in [2.24, 2.45) is 5.18 Å². The van der Waals surface area contributed by atoms with E-state index in [1.807, 2.05) is 6.07 Å². The third-order valence-electron chi connectivity index (χ3n) is 1.18. The molecular weight excluding hydrogens is 164 g/mol. The van der Waals surface area contributed by atoms with E-state index in [9.17, 15) is 4.91 Å². The Hall–Kier alpha value is -1.40. The van der Waals surface area contributed by atoms with Gasteiger partial charge in [-0.3, -0.25) is 0 Å². The van der Waals surface area contributed by atoms with Gasteiger partial charge in [0, 0.05) is 0 Å². The van der Waals surface area contributed by atoms with Gasteiger partial charge in [-0.2, -0.15) is 5.26 Å². The van der Waals surface area contributed by atoms with Gasteiger partial charge in [-0.1, -0.05) is 11.6 Å². The zero-order valence-electron chi connectivity index (χ0n) is 5.41. The molecule has 0 bridgehead atoms. The largest absolute Gasteiger partial charge is 0.192 e.